The zero-order valence-electron chi connectivity index (χ0n) is 23.2. The van der Waals surface area contributed by atoms with Crippen LogP contribution in [0.25, 0.3) is 0 Å². The van der Waals surface area contributed by atoms with Crippen LogP contribution in [-0.4, -0.2) is 84.5 Å². The van der Waals surface area contributed by atoms with Gasteiger partial charge < -0.3 is 24.0 Å². The van der Waals surface area contributed by atoms with E-state index in [-0.39, 0.29) is 24.3 Å². The highest BCUT2D eigenvalue weighted by Gasteiger charge is 2.24. The van der Waals surface area contributed by atoms with Gasteiger partial charge in [0.1, 0.15) is 17.9 Å². The fourth-order valence-corrected chi connectivity index (χ4v) is 5.05. The van der Waals surface area contributed by atoms with Gasteiger partial charge in [-0.1, -0.05) is 12.1 Å². The fraction of sp³-hybridized carbons (Fsp3) is 0.387. The van der Waals surface area contributed by atoms with Crippen LogP contribution in [0.3, 0.4) is 0 Å². The van der Waals surface area contributed by atoms with Crippen molar-refractivity contribution in [3.05, 3.63) is 77.5 Å². The van der Waals surface area contributed by atoms with E-state index in [2.05, 4.69) is 9.88 Å². The molecule has 2 aromatic carbocycles. The van der Waals surface area contributed by atoms with Crippen molar-refractivity contribution in [1.29, 1.82) is 0 Å². The van der Waals surface area contributed by atoms with Gasteiger partial charge in [0.05, 0.1) is 13.2 Å². The molecule has 0 unspecified atom stereocenters. The zero-order valence-corrected chi connectivity index (χ0v) is 23.2. The van der Waals surface area contributed by atoms with E-state index < -0.39 is 0 Å². The van der Waals surface area contributed by atoms with E-state index in [1.54, 1.807) is 47.3 Å². The first kappa shape index (κ1) is 27.5. The highest BCUT2D eigenvalue weighted by Crippen LogP contribution is 2.32. The van der Waals surface area contributed by atoms with Crippen molar-refractivity contribution >= 4 is 11.8 Å². The summed E-state index contributed by atoms with van der Waals surface area (Å²) in [6.45, 7) is 6.67. The number of nitrogens with zero attached hydrogens (tertiary/aromatic N) is 4. The van der Waals surface area contributed by atoms with Crippen molar-refractivity contribution in [2.45, 2.75) is 26.3 Å². The number of fused-ring (bicyclic) bond motifs is 2. The molecule has 3 heterocycles. The van der Waals surface area contributed by atoms with Crippen molar-refractivity contribution < 1.29 is 23.8 Å². The first-order valence-electron chi connectivity index (χ1n) is 13.9. The third-order valence-electron chi connectivity index (χ3n) is 7.22. The molecular formula is C31H36N4O5. The average molecular weight is 545 g/mol. The van der Waals surface area contributed by atoms with E-state index in [1.807, 2.05) is 37.3 Å². The van der Waals surface area contributed by atoms with Crippen molar-refractivity contribution in [3.8, 4) is 23.1 Å². The van der Waals surface area contributed by atoms with E-state index in [9.17, 15) is 9.59 Å². The Labute approximate surface area is 235 Å². The van der Waals surface area contributed by atoms with E-state index >= 15 is 0 Å². The van der Waals surface area contributed by atoms with Gasteiger partial charge >= 0.3 is 0 Å². The molecule has 0 saturated carbocycles. The molecule has 0 aliphatic carbocycles. The molecule has 1 aromatic heterocycles. The minimum Gasteiger partial charge on any atom is -0.494 e. The largest absolute Gasteiger partial charge is 0.494 e. The van der Waals surface area contributed by atoms with Crippen LogP contribution in [0.5, 0.6) is 23.1 Å². The van der Waals surface area contributed by atoms with Crippen molar-refractivity contribution in [3.63, 3.8) is 0 Å². The van der Waals surface area contributed by atoms with Gasteiger partial charge in [0.25, 0.3) is 11.8 Å². The van der Waals surface area contributed by atoms with Gasteiger partial charge in [-0.15, -0.1) is 0 Å². The smallest absolute Gasteiger partial charge is 0.259 e. The topological polar surface area (TPSA) is 84.4 Å². The Kier molecular flexibility index (Phi) is 8.81. The van der Waals surface area contributed by atoms with Crippen LogP contribution >= 0.6 is 0 Å². The number of carbonyl (C=O) groups excluding carboxylic acids is 2. The molecule has 2 aliphatic heterocycles. The van der Waals surface area contributed by atoms with Crippen LogP contribution in [0.15, 0.2) is 60.8 Å². The molecule has 40 heavy (non-hydrogen) atoms. The molecule has 3 aromatic rings. The molecule has 0 radical (unpaired) electrons. The second-order valence-corrected chi connectivity index (χ2v) is 10.0. The second kappa shape index (κ2) is 12.8. The summed E-state index contributed by atoms with van der Waals surface area (Å²) in [7, 11) is 1.72. The summed E-state index contributed by atoms with van der Waals surface area (Å²) < 4.78 is 18.0. The summed E-state index contributed by atoms with van der Waals surface area (Å²) in [4.78, 5) is 37.2. The minimum absolute atomic E-state index is 0.114. The Morgan fingerprint density at radius 2 is 1.77 bits per heavy atom. The average Bonchev–Trinajstić information content (AvgIpc) is 3.49. The van der Waals surface area contributed by atoms with Gasteiger partial charge in [-0.3, -0.25) is 14.5 Å². The SMILES string of the molecule is CCOc1ccc(C(=O)N2CCOc3ccccc3Oc3ncccc3C(=O)N(C)CC2)cc1CN1CCCC1. The van der Waals surface area contributed by atoms with E-state index in [4.69, 9.17) is 14.2 Å². The maximum Gasteiger partial charge on any atom is 0.259 e. The number of pyridine rings is 1. The lowest BCUT2D eigenvalue weighted by Crippen LogP contribution is -2.41. The quantitative estimate of drug-likeness (QED) is 0.469. The summed E-state index contributed by atoms with van der Waals surface area (Å²) >= 11 is 0. The number of rotatable bonds is 5. The fourth-order valence-electron chi connectivity index (χ4n) is 5.05. The second-order valence-electron chi connectivity index (χ2n) is 10.0. The predicted octanol–water partition coefficient (Wildman–Crippen LogP) is 4.48. The maximum atomic E-state index is 13.9. The minimum atomic E-state index is -0.234. The van der Waals surface area contributed by atoms with Crippen LogP contribution < -0.4 is 14.2 Å². The van der Waals surface area contributed by atoms with Gasteiger partial charge in [0.2, 0.25) is 5.88 Å². The summed E-state index contributed by atoms with van der Waals surface area (Å²) in [5.41, 5.74) is 1.95. The molecule has 0 atom stereocenters. The predicted molar refractivity (Wildman–Crippen MR) is 151 cm³/mol. The number of likely N-dealkylation sites (N-methyl/N-ethyl adjacent to an activating group) is 1. The molecule has 5 rings (SSSR count). The van der Waals surface area contributed by atoms with Gasteiger partial charge in [-0.2, -0.15) is 0 Å². The molecule has 9 heteroatoms. The number of aromatic nitrogens is 1. The van der Waals surface area contributed by atoms with Gasteiger partial charge in [0, 0.05) is 44.0 Å². The van der Waals surface area contributed by atoms with Crippen molar-refractivity contribution in [1.82, 2.24) is 19.7 Å². The summed E-state index contributed by atoms with van der Waals surface area (Å²) in [6, 6.07) is 16.3. The number of hydrogen-bond acceptors (Lipinski definition) is 7. The normalized spacial score (nSPS) is 16.5. The van der Waals surface area contributed by atoms with Gasteiger partial charge in [0.15, 0.2) is 11.5 Å². The maximum absolute atomic E-state index is 13.9. The summed E-state index contributed by atoms with van der Waals surface area (Å²) in [6.07, 6.45) is 3.97. The summed E-state index contributed by atoms with van der Waals surface area (Å²) in [5.74, 6) is 1.64. The molecule has 2 aliphatic rings. The summed E-state index contributed by atoms with van der Waals surface area (Å²) in [5, 5.41) is 0. The third-order valence-corrected chi connectivity index (χ3v) is 7.22. The van der Waals surface area contributed by atoms with Crippen LogP contribution in [0, 0.1) is 0 Å². The van der Waals surface area contributed by atoms with Crippen molar-refractivity contribution in [2.75, 3.05) is 53.0 Å². The molecule has 210 valence electrons. The molecule has 1 fully saturated rings. The third kappa shape index (κ3) is 6.37. The molecule has 0 N–H and O–H groups in total. The number of ether oxygens (including phenoxy) is 3. The molecular weight excluding hydrogens is 508 g/mol. The Balaban J connectivity index is 1.41. The lowest BCUT2D eigenvalue weighted by atomic mass is 10.1. The first-order valence-corrected chi connectivity index (χ1v) is 13.9. The molecule has 0 bridgehead atoms. The number of para-hydroxylation sites is 2. The number of hydrogen-bond donors (Lipinski definition) is 0. The van der Waals surface area contributed by atoms with E-state index in [1.165, 1.54) is 12.8 Å². The highest BCUT2D eigenvalue weighted by molar-refractivity contribution is 5.97. The lowest BCUT2D eigenvalue weighted by molar-refractivity contribution is 0.0669. The Hall–Kier alpha value is -4.11. The number of carbonyl (C=O) groups is 2. The monoisotopic (exact) mass is 544 g/mol. The van der Waals surface area contributed by atoms with Gasteiger partial charge in [-0.25, -0.2) is 4.98 Å². The Morgan fingerprint density at radius 1 is 0.975 bits per heavy atom. The van der Waals surface area contributed by atoms with Crippen LogP contribution in [0.4, 0.5) is 0 Å². The number of amides is 2. The van der Waals surface area contributed by atoms with E-state index in [0.29, 0.717) is 48.9 Å². The molecule has 2 amide bonds. The highest BCUT2D eigenvalue weighted by atomic mass is 16.5. The van der Waals surface area contributed by atoms with Crippen LogP contribution in [-0.2, 0) is 6.54 Å². The molecule has 9 nitrogen and oxygen atoms in total. The Bertz CT molecular complexity index is 1340. The lowest BCUT2D eigenvalue weighted by Gasteiger charge is -2.26. The van der Waals surface area contributed by atoms with Crippen molar-refractivity contribution in [2.24, 2.45) is 0 Å². The zero-order chi connectivity index (χ0) is 27.9. The number of likely N-dealkylation sites (tertiary alicyclic amines) is 1. The van der Waals surface area contributed by atoms with Gasteiger partial charge in [-0.05, 0) is 75.3 Å². The Morgan fingerprint density at radius 3 is 2.58 bits per heavy atom. The molecule has 0 spiro atoms. The van der Waals surface area contributed by atoms with E-state index in [0.717, 1.165) is 30.9 Å². The van der Waals surface area contributed by atoms with Crippen LogP contribution in [0.2, 0.25) is 0 Å². The molecule has 1 saturated heterocycles. The first-order chi connectivity index (χ1) is 19.5. The number of benzene rings is 2. The standard InChI is InChI=1S/C31H36N4O5/c1-3-38-26-13-12-23(21-24(26)22-34-15-6-7-16-34)30(36)35-18-17-33(2)31(37)25-9-8-14-32-29(25)40-28-11-5-4-10-27(28)39-20-19-35/h4-5,8-14,21H,3,6-7,15-20,22H2,1-2H3. The van der Waals surface area contributed by atoms with Crippen LogP contribution in [0.1, 0.15) is 46.0 Å².